The zero-order valence-electron chi connectivity index (χ0n) is 9.09. The highest BCUT2D eigenvalue weighted by Crippen LogP contribution is 2.32. The second-order valence-corrected chi connectivity index (χ2v) is 4.70. The van der Waals surface area contributed by atoms with Crippen molar-refractivity contribution in [2.75, 3.05) is 0 Å². The Morgan fingerprint density at radius 2 is 1.83 bits per heavy atom. The molecule has 0 unspecified atom stereocenters. The van der Waals surface area contributed by atoms with Gasteiger partial charge in [-0.1, -0.05) is 6.07 Å². The summed E-state index contributed by atoms with van der Waals surface area (Å²) in [6, 6.07) is 8.36. The minimum Gasteiger partial charge on any atom is -0.453 e. The van der Waals surface area contributed by atoms with E-state index in [1.54, 1.807) is 6.07 Å². The molecule has 0 aliphatic rings. The standard InChI is InChI=1S/C13H8BrClF2O/c14-10-3-2-9(16)6-13(10)18-12-4-1-8(7-15)5-11(12)17/h1-6H,7H2. The van der Waals surface area contributed by atoms with Gasteiger partial charge < -0.3 is 4.74 Å². The van der Waals surface area contributed by atoms with Crippen LogP contribution in [0.25, 0.3) is 0 Å². The normalized spacial score (nSPS) is 10.4. The predicted octanol–water partition coefficient (Wildman–Crippen LogP) is 5.26. The Morgan fingerprint density at radius 3 is 2.50 bits per heavy atom. The number of alkyl halides is 1. The molecule has 0 fully saturated rings. The molecule has 0 bridgehead atoms. The molecule has 0 aliphatic heterocycles. The smallest absolute Gasteiger partial charge is 0.166 e. The van der Waals surface area contributed by atoms with Gasteiger partial charge in [0.1, 0.15) is 11.6 Å². The van der Waals surface area contributed by atoms with E-state index in [2.05, 4.69) is 15.9 Å². The molecule has 2 rings (SSSR count). The average molecular weight is 334 g/mol. The van der Waals surface area contributed by atoms with Crippen molar-refractivity contribution in [2.24, 2.45) is 0 Å². The summed E-state index contributed by atoms with van der Waals surface area (Å²) in [6.07, 6.45) is 0. The van der Waals surface area contributed by atoms with E-state index in [9.17, 15) is 8.78 Å². The molecule has 0 saturated carbocycles. The SMILES string of the molecule is Fc1ccc(Br)c(Oc2ccc(CCl)cc2F)c1. The Balaban J connectivity index is 2.31. The van der Waals surface area contributed by atoms with Crippen LogP contribution in [0, 0.1) is 11.6 Å². The number of rotatable bonds is 3. The highest BCUT2D eigenvalue weighted by Gasteiger charge is 2.09. The molecule has 0 aromatic heterocycles. The second-order valence-electron chi connectivity index (χ2n) is 3.58. The van der Waals surface area contributed by atoms with Gasteiger partial charge in [0.15, 0.2) is 11.6 Å². The number of ether oxygens (including phenoxy) is 1. The first-order valence-electron chi connectivity index (χ1n) is 5.07. The Morgan fingerprint density at radius 1 is 1.06 bits per heavy atom. The summed E-state index contributed by atoms with van der Waals surface area (Å²) < 4.78 is 32.6. The molecule has 2 aromatic carbocycles. The van der Waals surface area contributed by atoms with Crippen molar-refractivity contribution in [1.82, 2.24) is 0 Å². The number of benzene rings is 2. The lowest BCUT2D eigenvalue weighted by atomic mass is 10.2. The third-order valence-electron chi connectivity index (χ3n) is 2.26. The fourth-order valence-electron chi connectivity index (χ4n) is 1.38. The fraction of sp³-hybridized carbons (Fsp3) is 0.0769. The monoisotopic (exact) mass is 332 g/mol. The molecule has 0 radical (unpaired) electrons. The summed E-state index contributed by atoms with van der Waals surface area (Å²) in [6.45, 7) is 0. The van der Waals surface area contributed by atoms with Gasteiger partial charge in [0.05, 0.1) is 4.47 Å². The molecular weight excluding hydrogens is 325 g/mol. The number of hydrogen-bond donors (Lipinski definition) is 0. The molecule has 0 saturated heterocycles. The van der Waals surface area contributed by atoms with Gasteiger partial charge in [-0.25, -0.2) is 8.78 Å². The van der Waals surface area contributed by atoms with E-state index in [1.165, 1.54) is 30.3 Å². The van der Waals surface area contributed by atoms with Crippen molar-refractivity contribution in [3.8, 4) is 11.5 Å². The molecular formula is C13H8BrClF2O. The van der Waals surface area contributed by atoms with Crippen molar-refractivity contribution in [2.45, 2.75) is 5.88 Å². The van der Waals surface area contributed by atoms with Crippen LogP contribution in [0.15, 0.2) is 40.9 Å². The number of hydrogen-bond acceptors (Lipinski definition) is 1. The van der Waals surface area contributed by atoms with Crippen LogP contribution in [-0.4, -0.2) is 0 Å². The quantitative estimate of drug-likeness (QED) is 0.696. The van der Waals surface area contributed by atoms with Gasteiger partial charge in [-0.15, -0.1) is 11.6 Å². The summed E-state index contributed by atoms with van der Waals surface area (Å²) >= 11 is 8.80. The van der Waals surface area contributed by atoms with Gasteiger partial charge in [-0.05, 0) is 45.8 Å². The van der Waals surface area contributed by atoms with E-state index in [-0.39, 0.29) is 17.4 Å². The molecule has 1 nitrogen and oxygen atoms in total. The maximum absolute atomic E-state index is 13.7. The minimum absolute atomic E-state index is 0.0233. The lowest BCUT2D eigenvalue weighted by Gasteiger charge is -2.09. The van der Waals surface area contributed by atoms with Gasteiger partial charge >= 0.3 is 0 Å². The van der Waals surface area contributed by atoms with Crippen LogP contribution in [0.3, 0.4) is 0 Å². The van der Waals surface area contributed by atoms with Crippen molar-refractivity contribution in [3.63, 3.8) is 0 Å². The van der Waals surface area contributed by atoms with Crippen LogP contribution in [0.5, 0.6) is 11.5 Å². The highest BCUT2D eigenvalue weighted by molar-refractivity contribution is 9.10. The highest BCUT2D eigenvalue weighted by atomic mass is 79.9. The summed E-state index contributed by atoms with van der Waals surface area (Å²) in [7, 11) is 0. The van der Waals surface area contributed by atoms with E-state index in [4.69, 9.17) is 16.3 Å². The molecule has 0 atom stereocenters. The summed E-state index contributed by atoms with van der Waals surface area (Å²) in [5.74, 6) is -0.529. The summed E-state index contributed by atoms with van der Waals surface area (Å²) in [5.41, 5.74) is 0.653. The lowest BCUT2D eigenvalue weighted by molar-refractivity contribution is 0.436. The van der Waals surface area contributed by atoms with Crippen LogP contribution in [0.1, 0.15) is 5.56 Å². The van der Waals surface area contributed by atoms with Gasteiger partial charge in [-0.3, -0.25) is 0 Å². The summed E-state index contributed by atoms with van der Waals surface area (Å²) in [5, 5.41) is 0. The molecule has 0 N–H and O–H groups in total. The van der Waals surface area contributed by atoms with Crippen LogP contribution in [0.4, 0.5) is 8.78 Å². The predicted molar refractivity (Wildman–Crippen MR) is 70.1 cm³/mol. The minimum atomic E-state index is -0.538. The second kappa shape index (κ2) is 5.67. The Labute approximate surface area is 116 Å². The van der Waals surface area contributed by atoms with Crippen LogP contribution < -0.4 is 4.74 Å². The zero-order chi connectivity index (χ0) is 13.1. The van der Waals surface area contributed by atoms with Crippen LogP contribution >= 0.6 is 27.5 Å². The Hall–Kier alpha value is -1.13. The molecule has 2 aromatic rings. The van der Waals surface area contributed by atoms with Crippen LogP contribution in [-0.2, 0) is 5.88 Å². The lowest BCUT2D eigenvalue weighted by Crippen LogP contribution is -1.91. The van der Waals surface area contributed by atoms with E-state index in [1.807, 2.05) is 0 Å². The maximum atomic E-state index is 13.7. The van der Waals surface area contributed by atoms with Gasteiger partial charge in [-0.2, -0.15) is 0 Å². The van der Waals surface area contributed by atoms with Gasteiger partial charge in [0.25, 0.3) is 0 Å². The van der Waals surface area contributed by atoms with Crippen molar-refractivity contribution >= 4 is 27.5 Å². The first-order chi connectivity index (χ1) is 8.60. The van der Waals surface area contributed by atoms with E-state index in [0.717, 1.165) is 0 Å². The molecule has 94 valence electrons. The fourth-order valence-corrected chi connectivity index (χ4v) is 1.88. The Bertz CT molecular complexity index is 575. The molecule has 0 amide bonds. The maximum Gasteiger partial charge on any atom is 0.166 e. The van der Waals surface area contributed by atoms with E-state index >= 15 is 0 Å². The average Bonchev–Trinajstić information content (AvgIpc) is 2.36. The molecule has 0 spiro atoms. The molecule has 5 heteroatoms. The third-order valence-corrected chi connectivity index (χ3v) is 3.23. The first-order valence-corrected chi connectivity index (χ1v) is 6.40. The zero-order valence-corrected chi connectivity index (χ0v) is 11.4. The van der Waals surface area contributed by atoms with E-state index < -0.39 is 11.6 Å². The van der Waals surface area contributed by atoms with Crippen molar-refractivity contribution < 1.29 is 13.5 Å². The van der Waals surface area contributed by atoms with Crippen LogP contribution in [0.2, 0.25) is 0 Å². The van der Waals surface area contributed by atoms with Crippen molar-refractivity contribution in [1.29, 1.82) is 0 Å². The first kappa shape index (κ1) is 13.3. The molecule has 18 heavy (non-hydrogen) atoms. The van der Waals surface area contributed by atoms with Gasteiger partial charge in [0.2, 0.25) is 0 Å². The van der Waals surface area contributed by atoms with E-state index in [0.29, 0.717) is 10.0 Å². The largest absolute Gasteiger partial charge is 0.453 e. The summed E-state index contributed by atoms with van der Waals surface area (Å²) in [4.78, 5) is 0. The topological polar surface area (TPSA) is 9.23 Å². The molecule has 0 aliphatic carbocycles. The molecule has 0 heterocycles. The third kappa shape index (κ3) is 3.00. The van der Waals surface area contributed by atoms with Crippen molar-refractivity contribution in [3.05, 3.63) is 58.1 Å². The Kier molecular flexibility index (Phi) is 4.19. The number of halogens is 4. The van der Waals surface area contributed by atoms with Gasteiger partial charge in [0, 0.05) is 11.9 Å².